The molecule has 0 spiro atoms. The number of hydrogen-bond acceptors (Lipinski definition) is 1. The van der Waals surface area contributed by atoms with E-state index in [1.807, 2.05) is 60.7 Å². The van der Waals surface area contributed by atoms with E-state index in [9.17, 15) is 4.79 Å². The molecule has 0 N–H and O–H groups in total. The number of allylic oxidation sites excluding steroid dienone is 1. The molecular formula is C16H14OPd. The van der Waals surface area contributed by atoms with Crippen molar-refractivity contribution in [1.29, 1.82) is 0 Å². The van der Waals surface area contributed by atoms with Gasteiger partial charge in [0, 0.05) is 20.4 Å². The number of benzene rings is 2. The summed E-state index contributed by atoms with van der Waals surface area (Å²) in [6.07, 6.45) is 1.69. The Hall–Kier alpha value is -1.49. The van der Waals surface area contributed by atoms with Gasteiger partial charge in [-0.2, -0.15) is 0 Å². The van der Waals surface area contributed by atoms with Crippen LogP contribution in [0.4, 0.5) is 0 Å². The normalized spacial score (nSPS) is 9.17. The van der Waals surface area contributed by atoms with Crippen LogP contribution in [0.3, 0.4) is 0 Å². The summed E-state index contributed by atoms with van der Waals surface area (Å²) < 4.78 is 0. The van der Waals surface area contributed by atoms with Gasteiger partial charge in [-0.3, -0.25) is 4.79 Å². The van der Waals surface area contributed by atoms with Crippen LogP contribution in [0, 0.1) is 0 Å². The van der Waals surface area contributed by atoms with Gasteiger partial charge in [0.25, 0.3) is 0 Å². The Morgan fingerprint density at radius 1 is 0.833 bits per heavy atom. The fraction of sp³-hybridized carbons (Fsp3) is 0.0625. The van der Waals surface area contributed by atoms with Crippen LogP contribution in [0.25, 0.3) is 5.57 Å². The minimum absolute atomic E-state index is 0. The van der Waals surface area contributed by atoms with E-state index >= 15 is 0 Å². The predicted molar refractivity (Wildman–Crippen MR) is 70.6 cm³/mol. The fourth-order valence-corrected chi connectivity index (χ4v) is 1.77. The zero-order valence-corrected chi connectivity index (χ0v) is 11.6. The summed E-state index contributed by atoms with van der Waals surface area (Å²) >= 11 is 0. The van der Waals surface area contributed by atoms with Gasteiger partial charge in [-0.1, -0.05) is 60.7 Å². The molecule has 0 aliphatic carbocycles. The van der Waals surface area contributed by atoms with Crippen LogP contribution in [0.2, 0.25) is 0 Å². The van der Waals surface area contributed by atoms with E-state index in [4.69, 9.17) is 0 Å². The summed E-state index contributed by atoms with van der Waals surface area (Å²) in [5, 5.41) is 0. The van der Waals surface area contributed by atoms with Gasteiger partial charge in [0.1, 0.15) is 0 Å². The van der Waals surface area contributed by atoms with Gasteiger partial charge in [-0.25, -0.2) is 0 Å². The minimum atomic E-state index is 0. The summed E-state index contributed by atoms with van der Waals surface area (Å²) in [6.45, 7) is 1.58. The monoisotopic (exact) mass is 328 g/mol. The summed E-state index contributed by atoms with van der Waals surface area (Å²) in [5.41, 5.74) is 3.10. The van der Waals surface area contributed by atoms with Crippen molar-refractivity contribution in [2.24, 2.45) is 0 Å². The van der Waals surface area contributed by atoms with E-state index in [0.29, 0.717) is 0 Å². The van der Waals surface area contributed by atoms with E-state index < -0.39 is 0 Å². The van der Waals surface area contributed by atoms with E-state index in [1.165, 1.54) is 0 Å². The summed E-state index contributed by atoms with van der Waals surface area (Å²) in [4.78, 5) is 11.3. The van der Waals surface area contributed by atoms with Crippen LogP contribution in [0.15, 0.2) is 66.7 Å². The first kappa shape index (κ1) is 14.6. The van der Waals surface area contributed by atoms with Gasteiger partial charge in [0.2, 0.25) is 0 Å². The SMILES string of the molecule is CC(=O)C=C(c1ccccc1)c1ccccc1.[Pd]. The van der Waals surface area contributed by atoms with Gasteiger partial charge in [-0.15, -0.1) is 0 Å². The molecule has 2 aromatic rings. The van der Waals surface area contributed by atoms with Crippen molar-refractivity contribution >= 4 is 11.4 Å². The number of carbonyl (C=O) groups excluding carboxylic acids is 1. The van der Waals surface area contributed by atoms with Crippen molar-refractivity contribution in [3.8, 4) is 0 Å². The molecule has 0 amide bonds. The second kappa shape index (κ2) is 7.06. The van der Waals surface area contributed by atoms with Crippen molar-refractivity contribution in [1.82, 2.24) is 0 Å². The fourth-order valence-electron chi connectivity index (χ4n) is 1.77. The van der Waals surface area contributed by atoms with E-state index in [0.717, 1.165) is 16.7 Å². The van der Waals surface area contributed by atoms with Gasteiger partial charge < -0.3 is 0 Å². The van der Waals surface area contributed by atoms with Gasteiger partial charge >= 0.3 is 0 Å². The van der Waals surface area contributed by atoms with Crippen LogP contribution in [-0.2, 0) is 25.2 Å². The van der Waals surface area contributed by atoms with Crippen molar-refractivity contribution in [2.45, 2.75) is 6.92 Å². The number of rotatable bonds is 3. The molecule has 0 aromatic heterocycles. The second-order valence-corrected chi connectivity index (χ2v) is 3.90. The average molecular weight is 329 g/mol. The first-order chi connectivity index (χ1) is 8.27. The summed E-state index contributed by atoms with van der Waals surface area (Å²) in [6, 6.07) is 19.9. The van der Waals surface area contributed by atoms with Gasteiger partial charge in [-0.05, 0) is 29.7 Å². The van der Waals surface area contributed by atoms with E-state index in [1.54, 1.807) is 13.0 Å². The zero-order valence-electron chi connectivity index (χ0n) is 10.1. The van der Waals surface area contributed by atoms with E-state index in [2.05, 4.69) is 0 Å². The molecule has 18 heavy (non-hydrogen) atoms. The maximum atomic E-state index is 11.3. The molecule has 0 saturated carbocycles. The molecule has 2 heteroatoms. The third-order valence-corrected chi connectivity index (χ3v) is 2.52. The number of carbonyl (C=O) groups is 1. The molecule has 0 heterocycles. The van der Waals surface area contributed by atoms with Gasteiger partial charge in [0.15, 0.2) is 5.78 Å². The third-order valence-electron chi connectivity index (χ3n) is 2.52. The Labute approximate surface area is 121 Å². The maximum absolute atomic E-state index is 11.3. The van der Waals surface area contributed by atoms with Gasteiger partial charge in [0.05, 0.1) is 0 Å². The Morgan fingerprint density at radius 3 is 1.56 bits per heavy atom. The Balaban J connectivity index is 0.00000162. The van der Waals surface area contributed by atoms with Crippen LogP contribution >= 0.6 is 0 Å². The molecule has 0 radical (unpaired) electrons. The molecule has 0 bridgehead atoms. The van der Waals surface area contributed by atoms with Crippen molar-refractivity contribution in [2.75, 3.05) is 0 Å². The molecule has 2 aromatic carbocycles. The van der Waals surface area contributed by atoms with Crippen molar-refractivity contribution in [3.05, 3.63) is 77.9 Å². The zero-order chi connectivity index (χ0) is 12.1. The molecule has 0 unspecified atom stereocenters. The van der Waals surface area contributed by atoms with E-state index in [-0.39, 0.29) is 26.2 Å². The molecule has 2 rings (SSSR count). The van der Waals surface area contributed by atoms with Crippen molar-refractivity contribution < 1.29 is 25.2 Å². The summed E-state index contributed by atoms with van der Waals surface area (Å²) in [5.74, 6) is 0.0627. The predicted octanol–water partition coefficient (Wildman–Crippen LogP) is 3.70. The maximum Gasteiger partial charge on any atom is 0.153 e. The Bertz CT molecular complexity index is 488. The number of ketones is 1. The van der Waals surface area contributed by atoms with Crippen LogP contribution in [-0.4, -0.2) is 5.78 Å². The smallest absolute Gasteiger partial charge is 0.153 e. The Kier molecular flexibility index (Phi) is 5.72. The molecule has 0 aliphatic heterocycles. The molecule has 0 saturated heterocycles. The molecule has 0 atom stereocenters. The molecular weight excluding hydrogens is 315 g/mol. The second-order valence-electron chi connectivity index (χ2n) is 3.90. The largest absolute Gasteiger partial charge is 0.295 e. The topological polar surface area (TPSA) is 17.1 Å². The third kappa shape index (κ3) is 3.77. The average Bonchev–Trinajstić information content (AvgIpc) is 2.38. The Morgan fingerprint density at radius 2 is 1.22 bits per heavy atom. The van der Waals surface area contributed by atoms with Crippen molar-refractivity contribution in [3.63, 3.8) is 0 Å². The molecule has 0 aliphatic rings. The standard InChI is InChI=1S/C16H14O.Pd/c1-13(17)12-16(14-8-4-2-5-9-14)15-10-6-3-7-11-15;/h2-12H,1H3;. The summed E-state index contributed by atoms with van der Waals surface area (Å²) in [7, 11) is 0. The quantitative estimate of drug-likeness (QED) is 0.620. The first-order valence-corrected chi connectivity index (χ1v) is 5.60. The van der Waals surface area contributed by atoms with Crippen LogP contribution in [0.1, 0.15) is 18.1 Å². The number of hydrogen-bond donors (Lipinski definition) is 0. The minimum Gasteiger partial charge on any atom is -0.295 e. The van der Waals surface area contributed by atoms with Crippen LogP contribution in [0.5, 0.6) is 0 Å². The first-order valence-electron chi connectivity index (χ1n) is 5.60. The molecule has 0 fully saturated rings. The van der Waals surface area contributed by atoms with Crippen LogP contribution < -0.4 is 0 Å². The molecule has 94 valence electrons. The molecule has 1 nitrogen and oxygen atoms in total.